The molecule has 0 fully saturated rings. The number of aromatic nitrogens is 2. The van der Waals surface area contributed by atoms with Crippen LogP contribution in [0.5, 0.6) is 0 Å². The highest BCUT2D eigenvalue weighted by Gasteiger charge is 2.19. The van der Waals surface area contributed by atoms with Crippen LogP contribution in [-0.4, -0.2) is 15.3 Å². The van der Waals surface area contributed by atoms with Crippen molar-refractivity contribution in [2.24, 2.45) is 5.92 Å². The van der Waals surface area contributed by atoms with E-state index in [1.165, 1.54) is 55.7 Å². The van der Waals surface area contributed by atoms with E-state index in [0.717, 1.165) is 12.3 Å². The fourth-order valence-electron chi connectivity index (χ4n) is 2.88. The number of aryl methyl sites for hydroxylation is 2. The smallest absolute Gasteiger partial charge is 0.106 e. The number of hydrogen-bond donors (Lipinski definition) is 1. The molecule has 0 aliphatic heterocycles. The van der Waals surface area contributed by atoms with Gasteiger partial charge in [-0.15, -0.1) is 0 Å². The molecule has 0 saturated heterocycles. The second-order valence-corrected chi connectivity index (χ2v) is 5.57. The number of nitrogens with zero attached hydrogens (tertiary/aromatic N) is 2. The quantitative estimate of drug-likeness (QED) is 0.795. The summed E-state index contributed by atoms with van der Waals surface area (Å²) in [5, 5.41) is 0. The topological polar surface area (TPSA) is 17.8 Å². The van der Waals surface area contributed by atoms with Crippen LogP contribution in [0.3, 0.4) is 0 Å². The van der Waals surface area contributed by atoms with Gasteiger partial charge in [0.1, 0.15) is 5.82 Å². The maximum atomic E-state index is 4.74. The lowest BCUT2D eigenvalue weighted by Crippen LogP contribution is -2.17. The van der Waals surface area contributed by atoms with Crippen molar-refractivity contribution in [1.82, 2.24) is 9.55 Å². The van der Waals surface area contributed by atoms with E-state index < -0.39 is 0 Å². The van der Waals surface area contributed by atoms with E-state index >= 15 is 0 Å². The zero-order chi connectivity index (χ0) is 12.3. The predicted octanol–water partition coefficient (Wildman–Crippen LogP) is 3.42. The molecule has 3 heteroatoms. The molecule has 96 valence electrons. The average molecular weight is 252 g/mol. The Balaban J connectivity index is 2.16. The Labute approximate surface area is 110 Å². The average Bonchev–Trinajstić information content (AvgIpc) is 2.65. The Morgan fingerprint density at radius 1 is 1.35 bits per heavy atom. The molecule has 0 amide bonds. The molecule has 1 unspecified atom stereocenters. The van der Waals surface area contributed by atoms with Gasteiger partial charge in [-0.2, -0.15) is 12.6 Å². The van der Waals surface area contributed by atoms with Gasteiger partial charge in [0, 0.05) is 12.2 Å². The van der Waals surface area contributed by atoms with Gasteiger partial charge in [0.05, 0.1) is 5.69 Å². The number of imidazole rings is 1. The van der Waals surface area contributed by atoms with Crippen molar-refractivity contribution < 1.29 is 0 Å². The van der Waals surface area contributed by atoms with Gasteiger partial charge < -0.3 is 4.57 Å². The van der Waals surface area contributed by atoms with E-state index in [1.807, 2.05) is 0 Å². The normalized spacial score (nSPS) is 16.9. The van der Waals surface area contributed by atoms with Gasteiger partial charge >= 0.3 is 0 Å². The molecule has 1 aromatic heterocycles. The molecule has 0 bridgehead atoms. The summed E-state index contributed by atoms with van der Waals surface area (Å²) >= 11 is 4.49. The van der Waals surface area contributed by atoms with Gasteiger partial charge in [-0.25, -0.2) is 4.98 Å². The van der Waals surface area contributed by atoms with Crippen LogP contribution >= 0.6 is 12.6 Å². The summed E-state index contributed by atoms with van der Waals surface area (Å²) in [6.07, 6.45) is 7.58. The first-order chi connectivity index (χ1) is 8.26. The van der Waals surface area contributed by atoms with E-state index in [-0.39, 0.29) is 0 Å². The molecule has 17 heavy (non-hydrogen) atoms. The fourth-order valence-corrected chi connectivity index (χ4v) is 3.18. The zero-order valence-corrected chi connectivity index (χ0v) is 12.0. The third-order valence-corrected chi connectivity index (χ3v) is 4.34. The first-order valence-electron chi connectivity index (χ1n) is 6.92. The number of fused-ring (bicyclic) bond motifs is 1. The second-order valence-electron chi connectivity index (χ2n) is 5.21. The molecule has 1 atom stereocenters. The van der Waals surface area contributed by atoms with Crippen LogP contribution in [-0.2, 0) is 19.4 Å². The molecule has 0 spiro atoms. The molecule has 1 aliphatic carbocycles. The summed E-state index contributed by atoms with van der Waals surface area (Å²) in [6.45, 7) is 5.53. The van der Waals surface area contributed by atoms with Gasteiger partial charge in [-0.05, 0) is 50.7 Å². The molecule has 0 radical (unpaired) electrons. The number of rotatable bonds is 5. The van der Waals surface area contributed by atoms with Crippen LogP contribution in [0.2, 0.25) is 0 Å². The fraction of sp³-hybridized carbons (Fsp3) is 0.786. The third kappa shape index (κ3) is 2.87. The molecule has 0 N–H and O–H groups in total. The minimum absolute atomic E-state index is 0.697. The highest BCUT2D eigenvalue weighted by molar-refractivity contribution is 7.80. The van der Waals surface area contributed by atoms with Crippen LogP contribution in [0.25, 0.3) is 0 Å². The monoisotopic (exact) mass is 252 g/mol. The van der Waals surface area contributed by atoms with Crippen molar-refractivity contribution in [3.05, 3.63) is 17.2 Å². The van der Waals surface area contributed by atoms with E-state index in [0.29, 0.717) is 5.92 Å². The minimum atomic E-state index is 0.697. The van der Waals surface area contributed by atoms with Crippen molar-refractivity contribution >= 4 is 12.6 Å². The van der Waals surface area contributed by atoms with Crippen molar-refractivity contribution in [3.63, 3.8) is 0 Å². The maximum absolute atomic E-state index is 4.74. The second kappa shape index (κ2) is 5.94. The number of thiol groups is 1. The molecule has 1 aliphatic rings. The van der Waals surface area contributed by atoms with Crippen LogP contribution in [0.15, 0.2) is 0 Å². The minimum Gasteiger partial charge on any atom is -0.332 e. The molecule has 1 aromatic rings. The lowest BCUT2D eigenvalue weighted by Gasteiger charge is -2.19. The molecule has 2 rings (SSSR count). The standard InChI is InChI=1S/C14H24N2S/c1-3-6-12(10-17)9-16-11(2)15-13-7-4-5-8-14(13)16/h12,17H,3-10H2,1-2H3. The Bertz CT molecular complexity index is 371. The lowest BCUT2D eigenvalue weighted by molar-refractivity contribution is 0.436. The van der Waals surface area contributed by atoms with E-state index in [2.05, 4.69) is 31.0 Å². The molecular formula is C14H24N2S. The van der Waals surface area contributed by atoms with Gasteiger partial charge in [0.15, 0.2) is 0 Å². The van der Waals surface area contributed by atoms with Crippen molar-refractivity contribution in [3.8, 4) is 0 Å². The van der Waals surface area contributed by atoms with Gasteiger partial charge in [0.2, 0.25) is 0 Å². The van der Waals surface area contributed by atoms with E-state index in [1.54, 1.807) is 0 Å². The maximum Gasteiger partial charge on any atom is 0.106 e. The van der Waals surface area contributed by atoms with Gasteiger partial charge in [-0.1, -0.05) is 13.3 Å². The van der Waals surface area contributed by atoms with Gasteiger partial charge in [-0.3, -0.25) is 0 Å². The van der Waals surface area contributed by atoms with Crippen molar-refractivity contribution in [1.29, 1.82) is 0 Å². The molecule has 2 nitrogen and oxygen atoms in total. The zero-order valence-electron chi connectivity index (χ0n) is 11.1. The largest absolute Gasteiger partial charge is 0.332 e. The van der Waals surface area contributed by atoms with E-state index in [4.69, 9.17) is 4.98 Å². The summed E-state index contributed by atoms with van der Waals surface area (Å²) in [7, 11) is 0. The van der Waals surface area contributed by atoms with E-state index in [9.17, 15) is 0 Å². The van der Waals surface area contributed by atoms with Crippen LogP contribution in [0.1, 0.15) is 49.8 Å². The third-order valence-electron chi connectivity index (χ3n) is 3.82. The van der Waals surface area contributed by atoms with Crippen molar-refractivity contribution in [2.75, 3.05) is 5.75 Å². The first-order valence-corrected chi connectivity index (χ1v) is 7.55. The summed E-state index contributed by atoms with van der Waals surface area (Å²) in [5.74, 6) is 2.89. The summed E-state index contributed by atoms with van der Waals surface area (Å²) in [6, 6.07) is 0. The van der Waals surface area contributed by atoms with Crippen LogP contribution in [0, 0.1) is 12.8 Å². The van der Waals surface area contributed by atoms with Crippen molar-refractivity contribution in [2.45, 2.75) is 58.9 Å². The Morgan fingerprint density at radius 3 is 2.82 bits per heavy atom. The van der Waals surface area contributed by atoms with Crippen LogP contribution in [0.4, 0.5) is 0 Å². The first kappa shape index (κ1) is 13.0. The Morgan fingerprint density at radius 2 is 2.12 bits per heavy atom. The molecular weight excluding hydrogens is 228 g/mol. The Hall–Kier alpha value is -0.440. The molecule has 0 saturated carbocycles. The summed E-state index contributed by atoms with van der Waals surface area (Å²) in [5.41, 5.74) is 2.87. The predicted molar refractivity (Wildman–Crippen MR) is 75.9 cm³/mol. The van der Waals surface area contributed by atoms with Crippen LogP contribution < -0.4 is 0 Å². The highest BCUT2D eigenvalue weighted by Crippen LogP contribution is 2.24. The summed E-state index contributed by atoms with van der Waals surface area (Å²) < 4.78 is 2.46. The highest BCUT2D eigenvalue weighted by atomic mass is 32.1. The molecule has 0 aromatic carbocycles. The lowest BCUT2D eigenvalue weighted by atomic mass is 10.0. The Kier molecular flexibility index (Phi) is 4.55. The van der Waals surface area contributed by atoms with Gasteiger partial charge in [0.25, 0.3) is 0 Å². The molecule has 1 heterocycles. The number of hydrogen-bond acceptors (Lipinski definition) is 2. The summed E-state index contributed by atoms with van der Waals surface area (Å²) in [4.78, 5) is 4.74. The SMILES string of the molecule is CCCC(CS)Cn1c(C)nc2c1CCCC2.